The third-order valence-electron chi connectivity index (χ3n) is 5.33. The first-order valence-electron chi connectivity index (χ1n) is 11.0. The highest BCUT2D eigenvalue weighted by Crippen LogP contribution is 2.32. The first-order chi connectivity index (χ1) is 13.6. The second-order valence-corrected chi connectivity index (χ2v) is 7.59. The van der Waals surface area contributed by atoms with Gasteiger partial charge in [-0.1, -0.05) is 70.9 Å². The van der Waals surface area contributed by atoms with E-state index in [-0.39, 0.29) is 28.8 Å². The number of unbranched alkanes of at least 4 members (excludes halogenated alkanes) is 7. The molecule has 1 atom stereocenters. The Balaban J connectivity index is 2.73. The molecule has 0 aromatic heterocycles. The van der Waals surface area contributed by atoms with Gasteiger partial charge in [0.25, 0.3) is 0 Å². The minimum absolute atomic E-state index is 0.0354. The molecular weight excluding hydrogens is 352 g/mol. The summed E-state index contributed by atoms with van der Waals surface area (Å²) < 4.78 is 5.07. The standard InChI is InChI=1S/C24H38O4/c1-4-6-8-10-11-13-15-17-19(16-14-12-9-7-5-2)22-23(26)20(25)18-21(28-3)24(22)27/h7,9,18-19,26H,4-6,8,10-17H2,1-3H3. The third kappa shape index (κ3) is 8.04. The molecular formula is C24H38O4. The predicted octanol–water partition coefficient (Wildman–Crippen LogP) is 6.37. The normalized spacial score (nSPS) is 16.0. The lowest BCUT2D eigenvalue weighted by Crippen LogP contribution is -2.25. The van der Waals surface area contributed by atoms with Crippen LogP contribution in [0.25, 0.3) is 0 Å². The van der Waals surface area contributed by atoms with Gasteiger partial charge in [0.05, 0.1) is 12.7 Å². The zero-order valence-corrected chi connectivity index (χ0v) is 18.0. The molecule has 0 spiro atoms. The minimum Gasteiger partial charge on any atom is -0.504 e. The number of carbonyl (C=O) groups excluding carboxylic acids is 2. The zero-order valence-electron chi connectivity index (χ0n) is 18.0. The third-order valence-corrected chi connectivity index (χ3v) is 5.33. The fraction of sp³-hybridized carbons (Fsp3) is 0.667. The smallest absolute Gasteiger partial charge is 0.227 e. The van der Waals surface area contributed by atoms with Gasteiger partial charge in [-0.25, -0.2) is 0 Å². The molecule has 1 aliphatic rings. The Bertz CT molecular complexity index is 583. The molecule has 0 aromatic rings. The van der Waals surface area contributed by atoms with E-state index in [1.807, 2.05) is 0 Å². The number of methoxy groups -OCH3 is 1. The van der Waals surface area contributed by atoms with E-state index in [1.54, 1.807) is 0 Å². The molecule has 1 aliphatic carbocycles. The van der Waals surface area contributed by atoms with Crippen molar-refractivity contribution in [2.75, 3.05) is 7.11 Å². The van der Waals surface area contributed by atoms with Crippen LogP contribution in [0.2, 0.25) is 0 Å². The summed E-state index contributed by atoms with van der Waals surface area (Å²) in [5.74, 6) is -1.31. The van der Waals surface area contributed by atoms with Crippen LogP contribution in [-0.2, 0) is 14.3 Å². The van der Waals surface area contributed by atoms with Crippen LogP contribution in [-0.4, -0.2) is 23.8 Å². The number of carbonyl (C=O) groups is 2. The van der Waals surface area contributed by atoms with Gasteiger partial charge < -0.3 is 9.84 Å². The van der Waals surface area contributed by atoms with Crippen molar-refractivity contribution in [3.8, 4) is 0 Å². The number of ketones is 2. The van der Waals surface area contributed by atoms with Crippen LogP contribution in [0.4, 0.5) is 0 Å². The van der Waals surface area contributed by atoms with E-state index in [4.69, 9.17) is 4.74 Å². The van der Waals surface area contributed by atoms with E-state index in [0.717, 1.165) is 51.0 Å². The molecule has 0 heterocycles. The minimum atomic E-state index is -0.526. The van der Waals surface area contributed by atoms with Gasteiger partial charge in [-0.2, -0.15) is 0 Å². The topological polar surface area (TPSA) is 63.6 Å². The highest BCUT2D eigenvalue weighted by Gasteiger charge is 2.33. The highest BCUT2D eigenvalue weighted by atomic mass is 16.5. The second kappa shape index (κ2) is 14.2. The van der Waals surface area contributed by atoms with Crippen molar-refractivity contribution in [2.24, 2.45) is 5.92 Å². The average molecular weight is 391 g/mol. The van der Waals surface area contributed by atoms with Crippen molar-refractivity contribution in [3.05, 3.63) is 35.3 Å². The van der Waals surface area contributed by atoms with E-state index < -0.39 is 5.78 Å². The predicted molar refractivity (Wildman–Crippen MR) is 114 cm³/mol. The van der Waals surface area contributed by atoms with E-state index in [9.17, 15) is 14.7 Å². The van der Waals surface area contributed by atoms with E-state index in [2.05, 4.69) is 26.0 Å². The largest absolute Gasteiger partial charge is 0.504 e. The lowest BCUT2D eigenvalue weighted by atomic mass is 9.82. The Hall–Kier alpha value is -1.84. The van der Waals surface area contributed by atoms with E-state index in [0.29, 0.717) is 0 Å². The maximum Gasteiger partial charge on any atom is 0.227 e. The van der Waals surface area contributed by atoms with Crippen LogP contribution in [0.5, 0.6) is 0 Å². The van der Waals surface area contributed by atoms with Crippen molar-refractivity contribution in [1.29, 1.82) is 0 Å². The molecule has 0 bridgehead atoms. The first-order valence-corrected chi connectivity index (χ1v) is 11.0. The van der Waals surface area contributed by atoms with E-state index >= 15 is 0 Å². The number of aliphatic hydroxyl groups excluding tert-OH is 1. The lowest BCUT2D eigenvalue weighted by Gasteiger charge is -2.23. The number of allylic oxidation sites excluding steroid dienone is 4. The van der Waals surface area contributed by atoms with Crippen LogP contribution < -0.4 is 0 Å². The molecule has 28 heavy (non-hydrogen) atoms. The number of hydrogen-bond acceptors (Lipinski definition) is 4. The Morgan fingerprint density at radius 3 is 2.25 bits per heavy atom. The maximum absolute atomic E-state index is 12.7. The lowest BCUT2D eigenvalue weighted by molar-refractivity contribution is -0.120. The summed E-state index contributed by atoms with van der Waals surface area (Å²) in [6, 6.07) is 0. The molecule has 4 heteroatoms. The second-order valence-electron chi connectivity index (χ2n) is 7.59. The van der Waals surface area contributed by atoms with Gasteiger partial charge in [0.1, 0.15) is 0 Å². The molecule has 0 fully saturated rings. The summed E-state index contributed by atoms with van der Waals surface area (Å²) in [5.41, 5.74) is 0.259. The molecule has 1 N–H and O–H groups in total. The molecule has 0 amide bonds. The van der Waals surface area contributed by atoms with Crippen molar-refractivity contribution in [3.63, 3.8) is 0 Å². The summed E-state index contributed by atoms with van der Waals surface area (Å²) in [6.45, 7) is 4.32. The van der Waals surface area contributed by atoms with Gasteiger partial charge >= 0.3 is 0 Å². The number of aliphatic hydroxyl groups is 1. The van der Waals surface area contributed by atoms with Crippen molar-refractivity contribution in [2.45, 2.75) is 90.9 Å². The quantitative estimate of drug-likeness (QED) is 0.200. The molecule has 0 aromatic carbocycles. The fourth-order valence-electron chi connectivity index (χ4n) is 3.70. The summed E-state index contributed by atoms with van der Waals surface area (Å²) >= 11 is 0. The SMILES string of the molecule is CCC=CCCCC(CCCCCCCCC)C1=C(O)C(=O)C=C(OC)C1=O. The Kier molecular flexibility index (Phi) is 12.3. The summed E-state index contributed by atoms with van der Waals surface area (Å²) in [4.78, 5) is 24.8. The van der Waals surface area contributed by atoms with Crippen molar-refractivity contribution >= 4 is 11.6 Å². The molecule has 0 aliphatic heterocycles. The molecule has 0 radical (unpaired) electrons. The van der Waals surface area contributed by atoms with Gasteiger partial charge in [0.2, 0.25) is 11.6 Å². The monoisotopic (exact) mass is 390 g/mol. The summed E-state index contributed by atoms with van der Waals surface area (Å²) in [5, 5.41) is 10.3. The van der Waals surface area contributed by atoms with Crippen LogP contribution in [0.3, 0.4) is 0 Å². The number of rotatable bonds is 15. The highest BCUT2D eigenvalue weighted by molar-refractivity contribution is 6.21. The number of hydrogen-bond donors (Lipinski definition) is 1. The van der Waals surface area contributed by atoms with Crippen LogP contribution >= 0.6 is 0 Å². The Labute approximate surface area is 170 Å². The molecule has 1 rings (SSSR count). The van der Waals surface area contributed by atoms with Gasteiger partial charge in [0, 0.05) is 6.08 Å². The molecule has 0 saturated carbocycles. The van der Waals surface area contributed by atoms with Crippen molar-refractivity contribution < 1.29 is 19.4 Å². The fourth-order valence-corrected chi connectivity index (χ4v) is 3.70. The Morgan fingerprint density at radius 2 is 1.61 bits per heavy atom. The van der Waals surface area contributed by atoms with E-state index in [1.165, 1.54) is 39.2 Å². The van der Waals surface area contributed by atoms with Gasteiger partial charge in [0.15, 0.2) is 11.5 Å². The van der Waals surface area contributed by atoms with Crippen molar-refractivity contribution in [1.82, 2.24) is 0 Å². The van der Waals surface area contributed by atoms with Gasteiger partial charge in [-0.3, -0.25) is 9.59 Å². The molecule has 1 unspecified atom stereocenters. The number of Topliss-reactive ketones (excluding diaryl/α,β-unsaturated/α-hetero) is 1. The molecule has 158 valence electrons. The summed E-state index contributed by atoms with van der Waals surface area (Å²) in [7, 11) is 1.39. The molecule has 0 saturated heterocycles. The maximum atomic E-state index is 12.7. The first kappa shape index (κ1) is 24.2. The average Bonchev–Trinajstić information content (AvgIpc) is 2.69. The number of ether oxygens (including phenoxy) is 1. The molecule has 4 nitrogen and oxygen atoms in total. The zero-order chi connectivity index (χ0) is 20.8. The Morgan fingerprint density at radius 1 is 0.964 bits per heavy atom. The summed E-state index contributed by atoms with van der Waals surface area (Å²) in [6.07, 6.45) is 18.3. The van der Waals surface area contributed by atoms with Crippen LogP contribution in [0.1, 0.15) is 90.9 Å². The van der Waals surface area contributed by atoms with Crippen LogP contribution in [0.15, 0.2) is 35.3 Å². The van der Waals surface area contributed by atoms with Crippen LogP contribution in [0, 0.1) is 5.92 Å². The van der Waals surface area contributed by atoms with Gasteiger partial charge in [-0.05, 0) is 38.0 Å². The van der Waals surface area contributed by atoms with Gasteiger partial charge in [-0.15, -0.1) is 0 Å².